The molecule has 4 heteroatoms. The van der Waals surface area contributed by atoms with Crippen LogP contribution in [-0.4, -0.2) is 12.5 Å². The molecule has 0 fully saturated rings. The molecule has 1 aliphatic rings. The highest BCUT2D eigenvalue weighted by molar-refractivity contribution is 5.73. The minimum Gasteiger partial charge on any atom is -0.370 e. The number of nitrogens with two attached hydrogens (primary N) is 2. The van der Waals surface area contributed by atoms with E-state index in [1.807, 2.05) is 6.07 Å². The van der Waals surface area contributed by atoms with Gasteiger partial charge in [0.15, 0.2) is 0 Å². The molecule has 0 spiro atoms. The van der Waals surface area contributed by atoms with Crippen molar-refractivity contribution >= 4 is 5.91 Å². The summed E-state index contributed by atoms with van der Waals surface area (Å²) in [5.41, 5.74) is 13.8. The molecule has 98 valence electrons. The van der Waals surface area contributed by atoms with Crippen LogP contribution in [0.3, 0.4) is 0 Å². The maximum atomic E-state index is 10.6. The van der Waals surface area contributed by atoms with Gasteiger partial charge in [-0.2, -0.15) is 0 Å². The van der Waals surface area contributed by atoms with Crippen LogP contribution in [0.4, 0.5) is 0 Å². The Morgan fingerprint density at radius 2 is 2.00 bits per heavy atom. The van der Waals surface area contributed by atoms with Crippen LogP contribution in [0.5, 0.6) is 0 Å². The summed E-state index contributed by atoms with van der Waals surface area (Å²) in [7, 11) is 0. The SMILES string of the molecule is NC(=O)CCCCNC1CC(N)c2ccccc21. The predicted molar refractivity (Wildman–Crippen MR) is 71.8 cm³/mol. The molecule has 0 bridgehead atoms. The summed E-state index contributed by atoms with van der Waals surface area (Å²) in [5.74, 6) is -0.219. The lowest BCUT2D eigenvalue weighted by Gasteiger charge is -2.13. The van der Waals surface area contributed by atoms with Crippen molar-refractivity contribution < 1.29 is 4.79 Å². The quantitative estimate of drug-likeness (QED) is 0.664. The van der Waals surface area contributed by atoms with Gasteiger partial charge in [0.2, 0.25) is 5.91 Å². The molecule has 0 aliphatic heterocycles. The van der Waals surface area contributed by atoms with E-state index in [4.69, 9.17) is 11.5 Å². The van der Waals surface area contributed by atoms with Gasteiger partial charge in [-0.1, -0.05) is 24.3 Å². The van der Waals surface area contributed by atoms with E-state index >= 15 is 0 Å². The van der Waals surface area contributed by atoms with Crippen LogP contribution >= 0.6 is 0 Å². The van der Waals surface area contributed by atoms with Crippen LogP contribution in [0.25, 0.3) is 0 Å². The number of hydrogen-bond acceptors (Lipinski definition) is 3. The molecule has 0 aromatic heterocycles. The fourth-order valence-electron chi connectivity index (χ4n) is 2.57. The normalized spacial score (nSPS) is 21.8. The summed E-state index contributed by atoms with van der Waals surface area (Å²) < 4.78 is 0. The van der Waals surface area contributed by atoms with Gasteiger partial charge in [0.1, 0.15) is 0 Å². The molecule has 2 atom stereocenters. The summed E-state index contributed by atoms with van der Waals surface area (Å²) in [6.07, 6.45) is 3.25. The van der Waals surface area contributed by atoms with Gasteiger partial charge in [0, 0.05) is 18.5 Å². The Labute approximate surface area is 108 Å². The second-order valence-corrected chi connectivity index (χ2v) is 4.90. The topological polar surface area (TPSA) is 81.1 Å². The molecule has 1 amide bonds. The van der Waals surface area contributed by atoms with E-state index in [2.05, 4.69) is 23.5 Å². The smallest absolute Gasteiger partial charge is 0.217 e. The van der Waals surface area contributed by atoms with Gasteiger partial charge in [-0.05, 0) is 36.9 Å². The summed E-state index contributed by atoms with van der Waals surface area (Å²) in [5, 5.41) is 3.51. The summed E-state index contributed by atoms with van der Waals surface area (Å²) in [6, 6.07) is 8.83. The first-order valence-electron chi connectivity index (χ1n) is 6.54. The van der Waals surface area contributed by atoms with Gasteiger partial charge in [0.25, 0.3) is 0 Å². The maximum Gasteiger partial charge on any atom is 0.217 e. The van der Waals surface area contributed by atoms with Crippen molar-refractivity contribution in [3.63, 3.8) is 0 Å². The third kappa shape index (κ3) is 3.09. The second kappa shape index (κ2) is 5.98. The van der Waals surface area contributed by atoms with Crippen molar-refractivity contribution in [2.75, 3.05) is 6.54 Å². The lowest BCUT2D eigenvalue weighted by molar-refractivity contribution is -0.118. The minimum atomic E-state index is -0.219. The lowest BCUT2D eigenvalue weighted by atomic mass is 10.1. The zero-order valence-electron chi connectivity index (χ0n) is 10.6. The molecule has 1 aromatic carbocycles. The van der Waals surface area contributed by atoms with Gasteiger partial charge in [-0.15, -0.1) is 0 Å². The summed E-state index contributed by atoms with van der Waals surface area (Å²) in [4.78, 5) is 10.6. The monoisotopic (exact) mass is 247 g/mol. The largest absolute Gasteiger partial charge is 0.370 e. The first-order valence-corrected chi connectivity index (χ1v) is 6.54. The third-order valence-electron chi connectivity index (χ3n) is 3.50. The van der Waals surface area contributed by atoms with Crippen molar-refractivity contribution in [1.29, 1.82) is 0 Å². The Balaban J connectivity index is 1.80. The van der Waals surface area contributed by atoms with Gasteiger partial charge in [0.05, 0.1) is 0 Å². The summed E-state index contributed by atoms with van der Waals surface area (Å²) >= 11 is 0. The van der Waals surface area contributed by atoms with Crippen molar-refractivity contribution in [3.05, 3.63) is 35.4 Å². The van der Waals surface area contributed by atoms with Gasteiger partial charge in [-0.25, -0.2) is 0 Å². The Morgan fingerprint density at radius 3 is 2.72 bits per heavy atom. The van der Waals surface area contributed by atoms with Crippen LogP contribution in [0.1, 0.15) is 48.9 Å². The van der Waals surface area contributed by atoms with E-state index in [0.717, 1.165) is 25.8 Å². The molecule has 2 rings (SSSR count). The Morgan fingerprint density at radius 1 is 1.28 bits per heavy atom. The Bertz CT molecular complexity index is 419. The molecule has 2 unspecified atom stereocenters. The first-order chi connectivity index (χ1) is 8.68. The molecule has 1 aliphatic carbocycles. The molecular formula is C14H21N3O. The van der Waals surface area contributed by atoms with Crippen LogP contribution in [0.2, 0.25) is 0 Å². The molecule has 18 heavy (non-hydrogen) atoms. The van der Waals surface area contributed by atoms with E-state index in [1.165, 1.54) is 11.1 Å². The van der Waals surface area contributed by atoms with Gasteiger partial charge >= 0.3 is 0 Å². The van der Waals surface area contributed by atoms with Crippen molar-refractivity contribution in [2.45, 2.75) is 37.8 Å². The predicted octanol–water partition coefficient (Wildman–Crippen LogP) is 1.38. The number of hydrogen-bond donors (Lipinski definition) is 3. The molecule has 4 nitrogen and oxygen atoms in total. The zero-order valence-corrected chi connectivity index (χ0v) is 10.6. The van der Waals surface area contributed by atoms with Crippen molar-refractivity contribution in [1.82, 2.24) is 5.32 Å². The fourth-order valence-corrected chi connectivity index (χ4v) is 2.57. The van der Waals surface area contributed by atoms with Crippen molar-refractivity contribution in [2.24, 2.45) is 11.5 Å². The van der Waals surface area contributed by atoms with E-state index in [9.17, 15) is 4.79 Å². The number of amides is 1. The Hall–Kier alpha value is -1.39. The summed E-state index contributed by atoms with van der Waals surface area (Å²) in [6.45, 7) is 0.902. The number of benzene rings is 1. The number of nitrogens with one attached hydrogen (secondary N) is 1. The number of carbonyl (C=O) groups is 1. The molecule has 1 aromatic rings. The zero-order chi connectivity index (χ0) is 13.0. The number of unbranched alkanes of at least 4 members (excludes halogenated alkanes) is 1. The van der Waals surface area contributed by atoms with Gasteiger partial charge < -0.3 is 16.8 Å². The fraction of sp³-hybridized carbons (Fsp3) is 0.500. The molecule has 0 heterocycles. The van der Waals surface area contributed by atoms with Crippen LogP contribution in [0.15, 0.2) is 24.3 Å². The minimum absolute atomic E-state index is 0.143. The molecular weight excluding hydrogens is 226 g/mol. The number of rotatable bonds is 6. The average Bonchev–Trinajstić information content (AvgIpc) is 2.66. The molecule has 0 saturated heterocycles. The second-order valence-electron chi connectivity index (χ2n) is 4.90. The van der Waals surface area contributed by atoms with Crippen LogP contribution in [-0.2, 0) is 4.79 Å². The maximum absolute atomic E-state index is 10.6. The highest BCUT2D eigenvalue weighted by atomic mass is 16.1. The van der Waals surface area contributed by atoms with Gasteiger partial charge in [-0.3, -0.25) is 4.79 Å². The first kappa shape index (κ1) is 13.1. The number of carbonyl (C=O) groups excluding carboxylic acids is 1. The molecule has 5 N–H and O–H groups in total. The molecule has 0 radical (unpaired) electrons. The lowest BCUT2D eigenvalue weighted by Crippen LogP contribution is -2.21. The van der Waals surface area contributed by atoms with E-state index in [1.54, 1.807) is 0 Å². The average molecular weight is 247 g/mol. The third-order valence-corrected chi connectivity index (χ3v) is 3.50. The number of fused-ring (bicyclic) bond motifs is 1. The van der Waals surface area contributed by atoms with Crippen molar-refractivity contribution in [3.8, 4) is 0 Å². The van der Waals surface area contributed by atoms with Crippen LogP contribution < -0.4 is 16.8 Å². The standard InChI is InChI=1S/C14H21N3O/c15-12-9-13(11-6-2-1-5-10(11)12)17-8-4-3-7-14(16)18/h1-2,5-6,12-13,17H,3-4,7-9,15H2,(H2,16,18). The Kier molecular flexibility index (Phi) is 4.33. The molecule has 0 saturated carbocycles. The van der Waals surface area contributed by atoms with Crippen LogP contribution in [0, 0.1) is 0 Å². The highest BCUT2D eigenvalue weighted by Gasteiger charge is 2.27. The highest BCUT2D eigenvalue weighted by Crippen LogP contribution is 2.36. The van der Waals surface area contributed by atoms with E-state index in [0.29, 0.717) is 12.5 Å². The number of primary amides is 1. The van der Waals surface area contributed by atoms with E-state index in [-0.39, 0.29) is 11.9 Å². The van der Waals surface area contributed by atoms with E-state index < -0.39 is 0 Å².